The molecule has 0 radical (unpaired) electrons. The largest absolute Gasteiger partial charge is 1.00 e. The van der Waals surface area contributed by atoms with Crippen molar-refractivity contribution >= 4 is 11.9 Å². The number of aliphatic carboxylic acids is 1. The predicted octanol–water partition coefficient (Wildman–Crippen LogP) is 1.73. The summed E-state index contributed by atoms with van der Waals surface area (Å²) in [6, 6.07) is 0. The molecule has 5 heteroatoms. The Morgan fingerprint density at radius 1 is 0.963 bits per heavy atom. The molecule has 27 heavy (non-hydrogen) atoms. The van der Waals surface area contributed by atoms with Crippen molar-refractivity contribution in [3.05, 3.63) is 24.8 Å². The second-order valence-corrected chi connectivity index (χ2v) is 6.85. The summed E-state index contributed by atoms with van der Waals surface area (Å²) in [5, 5.41) is 10.7. The molecule has 0 aliphatic rings. The number of hydrogen-bond acceptors (Lipinski definition) is 4. The fourth-order valence-corrected chi connectivity index (χ4v) is 2.84. The molecular formula is C22H37KO4. The van der Waals surface area contributed by atoms with Gasteiger partial charge in [-0.05, 0) is 12.8 Å². The van der Waals surface area contributed by atoms with E-state index in [9.17, 15) is 14.7 Å². The summed E-state index contributed by atoms with van der Waals surface area (Å²) in [4.78, 5) is 22.5. The average Bonchev–Trinajstić information content (AvgIpc) is 2.62. The molecule has 1 unspecified atom stereocenters. The summed E-state index contributed by atoms with van der Waals surface area (Å²) in [6.07, 6.45) is 19.7. The number of carbonyl (C=O) groups excluding carboxylic acids is 2. The van der Waals surface area contributed by atoms with E-state index >= 15 is 0 Å². The van der Waals surface area contributed by atoms with Gasteiger partial charge in [0, 0.05) is 12.4 Å². The molecule has 0 rings (SSSR count). The number of rotatable bonds is 18. The summed E-state index contributed by atoms with van der Waals surface area (Å²) >= 11 is 0. The van der Waals surface area contributed by atoms with Gasteiger partial charge in [0.05, 0.1) is 5.92 Å². The van der Waals surface area contributed by atoms with Gasteiger partial charge in [-0.1, -0.05) is 95.9 Å². The smallest absolute Gasteiger partial charge is 0.550 e. The first-order chi connectivity index (χ1) is 12.6. The molecule has 0 saturated carbocycles. The second-order valence-electron chi connectivity index (χ2n) is 6.85. The van der Waals surface area contributed by atoms with Crippen LogP contribution in [0.4, 0.5) is 0 Å². The maximum absolute atomic E-state index is 11.8. The Labute approximate surface area is 208 Å². The topological polar surface area (TPSA) is 66.4 Å². The fourth-order valence-electron chi connectivity index (χ4n) is 2.84. The van der Waals surface area contributed by atoms with E-state index in [-0.39, 0.29) is 64.4 Å². The van der Waals surface area contributed by atoms with Crippen molar-refractivity contribution in [3.8, 4) is 0 Å². The maximum atomic E-state index is 11.8. The van der Waals surface area contributed by atoms with Crippen LogP contribution in [0.15, 0.2) is 24.8 Å². The minimum atomic E-state index is -1.25. The molecule has 0 spiro atoms. The van der Waals surface area contributed by atoms with Crippen molar-refractivity contribution in [2.24, 2.45) is 5.92 Å². The molecule has 0 bridgehead atoms. The Morgan fingerprint density at radius 3 is 1.96 bits per heavy atom. The summed E-state index contributed by atoms with van der Waals surface area (Å²) in [6.45, 7) is 5.80. The van der Waals surface area contributed by atoms with Gasteiger partial charge in [0.1, 0.15) is 6.61 Å². The van der Waals surface area contributed by atoms with Crippen LogP contribution in [-0.4, -0.2) is 18.5 Å². The number of hydrogen-bond donors (Lipinski definition) is 0. The van der Waals surface area contributed by atoms with Crippen LogP contribution >= 0.6 is 0 Å². The molecule has 1 atom stereocenters. The quantitative estimate of drug-likeness (QED) is 0.151. The molecule has 0 aliphatic heterocycles. The number of ether oxygens (including phenoxy) is 1. The summed E-state index contributed by atoms with van der Waals surface area (Å²) in [5.41, 5.74) is 0. The minimum absolute atomic E-state index is 0. The van der Waals surface area contributed by atoms with Gasteiger partial charge in [-0.2, -0.15) is 0 Å². The fraction of sp³-hybridized carbons (Fsp3) is 0.727. The summed E-state index contributed by atoms with van der Waals surface area (Å²) in [5.74, 6) is -2.55. The number of carboxylic acid groups (broad SMARTS) is 1. The average molecular weight is 405 g/mol. The van der Waals surface area contributed by atoms with Crippen molar-refractivity contribution in [1.29, 1.82) is 0 Å². The van der Waals surface area contributed by atoms with E-state index in [1.165, 1.54) is 70.3 Å². The molecule has 0 N–H and O–H groups in total. The third kappa shape index (κ3) is 20.6. The Kier molecular flexibility index (Phi) is 24.2. The first-order valence-corrected chi connectivity index (χ1v) is 10.3. The first kappa shape index (κ1) is 29.3. The molecule has 0 aromatic carbocycles. The number of carbonyl (C=O) groups is 2. The van der Waals surface area contributed by atoms with Gasteiger partial charge in [-0.25, -0.2) is 0 Å². The van der Waals surface area contributed by atoms with Crippen molar-refractivity contribution < 1.29 is 70.8 Å². The van der Waals surface area contributed by atoms with Crippen molar-refractivity contribution in [1.82, 2.24) is 0 Å². The zero-order chi connectivity index (χ0) is 19.5. The molecule has 0 amide bonds. The van der Waals surface area contributed by atoms with E-state index in [0.717, 1.165) is 12.8 Å². The summed E-state index contributed by atoms with van der Waals surface area (Å²) in [7, 11) is 0. The zero-order valence-electron chi connectivity index (χ0n) is 17.5. The zero-order valence-corrected chi connectivity index (χ0v) is 20.7. The molecule has 0 aromatic heterocycles. The van der Waals surface area contributed by atoms with E-state index < -0.39 is 17.9 Å². The Bertz CT molecular complexity index is 407. The van der Waals surface area contributed by atoms with E-state index in [4.69, 9.17) is 4.74 Å². The minimum Gasteiger partial charge on any atom is -0.550 e. The van der Waals surface area contributed by atoms with Crippen LogP contribution in [-0.2, 0) is 14.3 Å². The summed E-state index contributed by atoms with van der Waals surface area (Å²) < 4.78 is 4.92. The first-order valence-electron chi connectivity index (χ1n) is 10.3. The van der Waals surface area contributed by atoms with E-state index in [1.54, 1.807) is 6.08 Å². The second kappa shape index (κ2) is 22.3. The van der Waals surface area contributed by atoms with Crippen LogP contribution < -0.4 is 56.5 Å². The molecular weight excluding hydrogens is 367 g/mol. The van der Waals surface area contributed by atoms with Crippen LogP contribution in [0.25, 0.3) is 0 Å². The standard InChI is InChI=1S/C22H38O4.K/c1-3-5-6-7-8-9-10-11-12-13-14-15-16-17-20(19-21(23)24)22(25)26-18-4-2;/h4,16-17,20H,2-3,5-15,18-19H2,1H3,(H,23,24);/q;+1/p-1. The molecule has 0 saturated heterocycles. The van der Waals surface area contributed by atoms with E-state index in [0.29, 0.717) is 0 Å². The van der Waals surface area contributed by atoms with E-state index in [2.05, 4.69) is 13.5 Å². The van der Waals surface area contributed by atoms with Gasteiger partial charge >= 0.3 is 57.4 Å². The molecule has 0 fully saturated rings. The van der Waals surface area contributed by atoms with Crippen LogP contribution in [0.1, 0.15) is 90.4 Å². The van der Waals surface area contributed by atoms with Crippen LogP contribution in [0.5, 0.6) is 0 Å². The van der Waals surface area contributed by atoms with E-state index in [1.807, 2.05) is 6.08 Å². The van der Waals surface area contributed by atoms with Gasteiger partial charge < -0.3 is 14.6 Å². The SMILES string of the molecule is C=CCOC(=O)C(C=CCCCCCCCCCCCCC)CC(=O)[O-].[K+]. The van der Waals surface area contributed by atoms with Gasteiger partial charge in [0.15, 0.2) is 0 Å². The van der Waals surface area contributed by atoms with Crippen LogP contribution in [0.2, 0.25) is 0 Å². The van der Waals surface area contributed by atoms with Crippen LogP contribution in [0.3, 0.4) is 0 Å². The number of unbranched alkanes of at least 4 members (excludes halogenated alkanes) is 11. The van der Waals surface area contributed by atoms with Gasteiger partial charge in [0.2, 0.25) is 0 Å². The van der Waals surface area contributed by atoms with Gasteiger partial charge in [0.25, 0.3) is 0 Å². The molecule has 4 nitrogen and oxygen atoms in total. The normalized spacial score (nSPS) is 11.7. The Morgan fingerprint density at radius 2 is 1.48 bits per heavy atom. The molecule has 0 heterocycles. The predicted molar refractivity (Wildman–Crippen MR) is 104 cm³/mol. The van der Waals surface area contributed by atoms with Crippen LogP contribution in [0, 0.1) is 5.92 Å². The number of carboxylic acids is 1. The third-order valence-corrected chi connectivity index (χ3v) is 4.38. The maximum Gasteiger partial charge on any atom is 1.00 e. The molecule has 0 aromatic rings. The van der Waals surface area contributed by atoms with Gasteiger partial charge in [-0.3, -0.25) is 4.79 Å². The monoisotopic (exact) mass is 404 g/mol. The molecule has 0 aliphatic carbocycles. The van der Waals surface area contributed by atoms with Crippen molar-refractivity contribution in [2.75, 3.05) is 6.61 Å². The third-order valence-electron chi connectivity index (χ3n) is 4.38. The van der Waals surface area contributed by atoms with Gasteiger partial charge in [-0.15, -0.1) is 0 Å². The number of esters is 1. The number of allylic oxidation sites excluding steroid dienone is 1. The Hall–Kier alpha value is 0.0564. The molecule has 150 valence electrons. The van der Waals surface area contributed by atoms with Crippen molar-refractivity contribution in [3.63, 3.8) is 0 Å². The van der Waals surface area contributed by atoms with Crippen molar-refractivity contribution in [2.45, 2.75) is 90.4 Å². The Balaban J connectivity index is 0.